The van der Waals surface area contributed by atoms with Gasteiger partial charge in [-0.1, -0.05) is 48.7 Å². The van der Waals surface area contributed by atoms with E-state index in [2.05, 4.69) is 10.0 Å². The SMILES string of the molecule is CCCCS(=O)(=O)Nc1ccc2c(c1)[C@@H](NC)CC[C@H]2c1ccc(Cl)c(Cl)c1. The molecule has 1 aliphatic carbocycles. The third kappa shape index (κ3) is 4.82. The molecule has 2 aromatic carbocycles. The molecule has 152 valence electrons. The van der Waals surface area contributed by atoms with Crippen LogP contribution in [-0.2, 0) is 10.0 Å². The maximum Gasteiger partial charge on any atom is 0.232 e. The predicted octanol–water partition coefficient (Wildman–Crippen LogP) is 5.72. The maximum atomic E-state index is 12.3. The monoisotopic (exact) mass is 440 g/mol. The van der Waals surface area contributed by atoms with Gasteiger partial charge in [-0.05, 0) is 67.3 Å². The Labute approximate surface area is 177 Å². The summed E-state index contributed by atoms with van der Waals surface area (Å²) >= 11 is 12.3. The van der Waals surface area contributed by atoms with Crippen LogP contribution in [0.25, 0.3) is 0 Å². The summed E-state index contributed by atoms with van der Waals surface area (Å²) in [5.41, 5.74) is 4.06. The first-order valence-electron chi connectivity index (χ1n) is 9.61. The fourth-order valence-corrected chi connectivity index (χ4v) is 5.41. The minimum Gasteiger partial charge on any atom is -0.313 e. The molecule has 2 atom stereocenters. The number of fused-ring (bicyclic) bond motifs is 1. The molecule has 0 heterocycles. The van der Waals surface area contributed by atoms with E-state index in [1.807, 2.05) is 50.4 Å². The highest BCUT2D eigenvalue weighted by Gasteiger charge is 2.28. The quantitative estimate of drug-likeness (QED) is 0.578. The highest BCUT2D eigenvalue weighted by molar-refractivity contribution is 7.92. The van der Waals surface area contributed by atoms with Gasteiger partial charge in [-0.2, -0.15) is 0 Å². The minimum absolute atomic E-state index is 0.141. The van der Waals surface area contributed by atoms with Crippen LogP contribution in [0.1, 0.15) is 61.3 Å². The number of hydrogen-bond donors (Lipinski definition) is 2. The second-order valence-electron chi connectivity index (χ2n) is 7.26. The largest absolute Gasteiger partial charge is 0.313 e. The molecule has 1 aliphatic rings. The number of benzene rings is 2. The molecule has 0 bridgehead atoms. The summed E-state index contributed by atoms with van der Waals surface area (Å²) in [4.78, 5) is 0. The fraction of sp³-hybridized carbons (Fsp3) is 0.429. The molecule has 0 aromatic heterocycles. The average Bonchev–Trinajstić information content (AvgIpc) is 2.67. The first kappa shape index (κ1) is 21.4. The first-order chi connectivity index (χ1) is 13.3. The van der Waals surface area contributed by atoms with Gasteiger partial charge in [-0.15, -0.1) is 0 Å². The minimum atomic E-state index is -3.33. The van der Waals surface area contributed by atoms with Gasteiger partial charge in [-0.3, -0.25) is 4.72 Å². The molecule has 0 radical (unpaired) electrons. The van der Waals surface area contributed by atoms with Crippen molar-refractivity contribution in [1.82, 2.24) is 5.32 Å². The van der Waals surface area contributed by atoms with Crippen molar-refractivity contribution in [1.29, 1.82) is 0 Å². The van der Waals surface area contributed by atoms with Gasteiger partial charge in [0.1, 0.15) is 0 Å². The number of unbranched alkanes of at least 4 members (excludes halogenated alkanes) is 1. The van der Waals surface area contributed by atoms with Gasteiger partial charge in [-0.25, -0.2) is 8.42 Å². The number of sulfonamides is 1. The molecule has 7 heteroatoms. The number of anilines is 1. The summed E-state index contributed by atoms with van der Waals surface area (Å²) in [6.07, 6.45) is 3.44. The van der Waals surface area contributed by atoms with Crippen LogP contribution in [0.2, 0.25) is 10.0 Å². The Morgan fingerprint density at radius 3 is 2.50 bits per heavy atom. The lowest BCUT2D eigenvalue weighted by molar-refractivity contribution is 0.471. The molecular formula is C21H26Cl2N2O2S. The van der Waals surface area contributed by atoms with Crippen LogP contribution in [0.15, 0.2) is 36.4 Å². The van der Waals surface area contributed by atoms with Crippen molar-refractivity contribution >= 4 is 38.9 Å². The van der Waals surface area contributed by atoms with Crippen molar-refractivity contribution in [3.63, 3.8) is 0 Å². The predicted molar refractivity (Wildman–Crippen MR) is 118 cm³/mol. The zero-order valence-electron chi connectivity index (χ0n) is 16.1. The van der Waals surface area contributed by atoms with Crippen LogP contribution >= 0.6 is 23.2 Å². The van der Waals surface area contributed by atoms with Crippen molar-refractivity contribution < 1.29 is 8.42 Å². The van der Waals surface area contributed by atoms with Crippen LogP contribution in [0.3, 0.4) is 0 Å². The van der Waals surface area contributed by atoms with Gasteiger partial charge >= 0.3 is 0 Å². The Hall–Kier alpha value is -1.27. The molecular weight excluding hydrogens is 415 g/mol. The molecule has 0 fully saturated rings. The van der Waals surface area contributed by atoms with Crippen molar-refractivity contribution in [3.05, 3.63) is 63.1 Å². The van der Waals surface area contributed by atoms with Crippen molar-refractivity contribution in [2.45, 2.75) is 44.6 Å². The summed E-state index contributed by atoms with van der Waals surface area (Å²) in [5, 5.41) is 4.45. The van der Waals surface area contributed by atoms with Gasteiger partial charge in [0.05, 0.1) is 15.8 Å². The zero-order chi connectivity index (χ0) is 20.3. The highest BCUT2D eigenvalue weighted by Crippen LogP contribution is 2.43. The Bertz CT molecular complexity index is 947. The molecule has 0 aliphatic heterocycles. The summed E-state index contributed by atoms with van der Waals surface area (Å²) in [6.45, 7) is 1.98. The van der Waals surface area contributed by atoms with Crippen molar-refractivity contribution in [2.24, 2.45) is 0 Å². The standard InChI is InChI=1S/C21H26Cl2N2O2S/c1-3-4-11-28(26,27)25-15-6-7-17-16(8-10-21(24-2)18(17)13-15)14-5-9-19(22)20(23)12-14/h5-7,9,12-13,16,21,24-25H,3-4,8,10-11H2,1-2H3/t16-,21-/m0/s1. The number of hydrogen-bond acceptors (Lipinski definition) is 3. The van der Waals surface area contributed by atoms with Crippen molar-refractivity contribution in [3.8, 4) is 0 Å². The average molecular weight is 441 g/mol. The van der Waals surface area contributed by atoms with E-state index >= 15 is 0 Å². The number of rotatable bonds is 7. The van der Waals surface area contributed by atoms with Crippen LogP contribution < -0.4 is 10.0 Å². The smallest absolute Gasteiger partial charge is 0.232 e. The van der Waals surface area contributed by atoms with Gasteiger partial charge in [0.2, 0.25) is 10.0 Å². The van der Waals surface area contributed by atoms with Gasteiger partial charge < -0.3 is 5.32 Å². The molecule has 0 saturated heterocycles. The first-order valence-corrected chi connectivity index (χ1v) is 12.0. The second kappa shape index (κ2) is 9.04. The third-order valence-corrected chi connectivity index (χ3v) is 7.43. The van der Waals surface area contributed by atoms with E-state index in [9.17, 15) is 8.42 Å². The summed E-state index contributed by atoms with van der Waals surface area (Å²) in [6, 6.07) is 11.8. The molecule has 2 N–H and O–H groups in total. The number of nitrogens with one attached hydrogen (secondary N) is 2. The Morgan fingerprint density at radius 2 is 1.82 bits per heavy atom. The lowest BCUT2D eigenvalue weighted by atomic mass is 9.76. The molecule has 3 rings (SSSR count). The second-order valence-corrected chi connectivity index (χ2v) is 9.92. The molecule has 4 nitrogen and oxygen atoms in total. The topological polar surface area (TPSA) is 58.2 Å². The Kier molecular flexibility index (Phi) is 6.92. The molecule has 0 spiro atoms. The molecule has 2 aromatic rings. The summed E-state index contributed by atoms with van der Waals surface area (Å²) < 4.78 is 27.3. The van der Waals surface area contributed by atoms with Crippen LogP contribution in [0.5, 0.6) is 0 Å². The lowest BCUT2D eigenvalue weighted by Gasteiger charge is -2.32. The van der Waals surface area contributed by atoms with Crippen molar-refractivity contribution in [2.75, 3.05) is 17.5 Å². The molecule has 0 amide bonds. The molecule has 28 heavy (non-hydrogen) atoms. The zero-order valence-corrected chi connectivity index (χ0v) is 18.5. The highest BCUT2D eigenvalue weighted by atomic mass is 35.5. The number of halogens is 2. The van der Waals surface area contributed by atoms with Crippen LogP contribution in [0, 0.1) is 0 Å². The lowest BCUT2D eigenvalue weighted by Crippen LogP contribution is -2.25. The van der Waals surface area contributed by atoms with E-state index in [0.29, 0.717) is 22.2 Å². The normalized spacial score (nSPS) is 19.3. The Morgan fingerprint density at radius 1 is 1.04 bits per heavy atom. The third-order valence-electron chi connectivity index (χ3n) is 5.32. The van der Waals surface area contributed by atoms with E-state index < -0.39 is 10.0 Å². The molecule has 0 saturated carbocycles. The Balaban J connectivity index is 1.95. The van der Waals surface area contributed by atoms with Gasteiger partial charge in [0.25, 0.3) is 0 Å². The summed E-state index contributed by atoms with van der Waals surface area (Å²) in [7, 11) is -1.39. The van der Waals surface area contributed by atoms with E-state index in [1.54, 1.807) is 0 Å². The van der Waals surface area contributed by atoms with E-state index in [0.717, 1.165) is 30.4 Å². The van der Waals surface area contributed by atoms with E-state index in [4.69, 9.17) is 23.2 Å². The maximum absolute atomic E-state index is 12.3. The summed E-state index contributed by atoms with van der Waals surface area (Å²) in [5.74, 6) is 0.349. The van der Waals surface area contributed by atoms with Crippen LogP contribution in [0.4, 0.5) is 5.69 Å². The fourth-order valence-electron chi connectivity index (χ4n) is 3.84. The van der Waals surface area contributed by atoms with Gasteiger partial charge in [0, 0.05) is 17.6 Å². The van der Waals surface area contributed by atoms with Gasteiger partial charge in [0.15, 0.2) is 0 Å². The van der Waals surface area contributed by atoms with E-state index in [-0.39, 0.29) is 17.7 Å². The van der Waals surface area contributed by atoms with Crippen LogP contribution in [-0.4, -0.2) is 21.2 Å². The molecule has 0 unspecified atom stereocenters. The van der Waals surface area contributed by atoms with E-state index in [1.165, 1.54) is 5.56 Å².